The number of halogens is 2. The van der Waals surface area contributed by atoms with Gasteiger partial charge < -0.3 is 5.32 Å². The highest BCUT2D eigenvalue weighted by atomic mass is 32.2. The van der Waals surface area contributed by atoms with Gasteiger partial charge >= 0.3 is 0 Å². The summed E-state index contributed by atoms with van der Waals surface area (Å²) in [6.45, 7) is 3.67. The first kappa shape index (κ1) is 15.5. The Hall–Kier alpha value is -1.89. The molecule has 0 fully saturated rings. The van der Waals surface area contributed by atoms with Crippen molar-refractivity contribution in [2.75, 3.05) is 11.1 Å². The molecule has 1 heterocycles. The van der Waals surface area contributed by atoms with Crippen LogP contribution in [-0.4, -0.2) is 21.4 Å². The average molecular weight is 311 g/mol. The Balaban J connectivity index is 1.97. The zero-order valence-electron chi connectivity index (χ0n) is 11.9. The molecule has 0 saturated carbocycles. The third-order valence-electron chi connectivity index (χ3n) is 3.03. The average Bonchev–Trinajstić information content (AvgIpc) is 2.67. The van der Waals surface area contributed by atoms with Crippen LogP contribution in [0.15, 0.2) is 23.1 Å². The number of aromatic nitrogens is 2. The van der Waals surface area contributed by atoms with Crippen molar-refractivity contribution in [3.05, 3.63) is 41.2 Å². The SMILES string of the molecule is Cc1nn(C)c(C)c1NC(=O)CSc1ccc(F)c(F)c1. The number of thioether (sulfide) groups is 1. The molecule has 0 bridgehead atoms. The summed E-state index contributed by atoms with van der Waals surface area (Å²) in [5.74, 6) is -1.92. The molecule has 21 heavy (non-hydrogen) atoms. The van der Waals surface area contributed by atoms with Crippen molar-refractivity contribution in [2.45, 2.75) is 18.7 Å². The Kier molecular flexibility index (Phi) is 4.62. The number of carbonyl (C=O) groups is 1. The van der Waals surface area contributed by atoms with Crippen LogP contribution in [0.1, 0.15) is 11.4 Å². The maximum Gasteiger partial charge on any atom is 0.234 e. The lowest BCUT2D eigenvalue weighted by atomic mass is 10.3. The number of rotatable bonds is 4. The highest BCUT2D eigenvalue weighted by Gasteiger charge is 2.13. The molecular formula is C14H15F2N3OS. The Morgan fingerprint density at radius 3 is 2.62 bits per heavy atom. The predicted octanol–water partition coefficient (Wildman–Crippen LogP) is 3.05. The van der Waals surface area contributed by atoms with Gasteiger partial charge in [0.15, 0.2) is 11.6 Å². The first-order valence-electron chi connectivity index (χ1n) is 6.26. The molecule has 0 saturated heterocycles. The van der Waals surface area contributed by atoms with Crippen LogP contribution in [0.5, 0.6) is 0 Å². The van der Waals surface area contributed by atoms with Crippen LogP contribution in [-0.2, 0) is 11.8 Å². The van der Waals surface area contributed by atoms with Crippen molar-refractivity contribution in [3.63, 3.8) is 0 Å². The van der Waals surface area contributed by atoms with Gasteiger partial charge in [-0.25, -0.2) is 8.78 Å². The summed E-state index contributed by atoms with van der Waals surface area (Å²) in [6, 6.07) is 3.57. The first-order chi connectivity index (χ1) is 9.88. The predicted molar refractivity (Wildman–Crippen MR) is 78.4 cm³/mol. The zero-order valence-corrected chi connectivity index (χ0v) is 12.7. The van der Waals surface area contributed by atoms with Crippen molar-refractivity contribution >= 4 is 23.4 Å². The highest BCUT2D eigenvalue weighted by molar-refractivity contribution is 8.00. The van der Waals surface area contributed by atoms with Crippen LogP contribution in [0, 0.1) is 25.5 Å². The van der Waals surface area contributed by atoms with E-state index in [0.717, 1.165) is 35.3 Å². The number of amides is 1. The molecule has 0 atom stereocenters. The van der Waals surface area contributed by atoms with E-state index in [1.54, 1.807) is 11.7 Å². The van der Waals surface area contributed by atoms with Gasteiger partial charge in [-0.15, -0.1) is 11.8 Å². The minimum absolute atomic E-state index is 0.110. The second-order valence-corrected chi connectivity index (χ2v) is 5.63. The normalized spacial score (nSPS) is 10.7. The fourth-order valence-electron chi connectivity index (χ4n) is 1.85. The molecule has 4 nitrogen and oxygen atoms in total. The minimum atomic E-state index is -0.917. The van der Waals surface area contributed by atoms with Crippen molar-refractivity contribution < 1.29 is 13.6 Å². The molecule has 0 unspecified atom stereocenters. The van der Waals surface area contributed by atoms with Crippen molar-refractivity contribution in [3.8, 4) is 0 Å². The van der Waals surface area contributed by atoms with E-state index in [1.165, 1.54) is 6.07 Å². The topological polar surface area (TPSA) is 46.9 Å². The van der Waals surface area contributed by atoms with E-state index in [-0.39, 0.29) is 11.7 Å². The van der Waals surface area contributed by atoms with Gasteiger partial charge in [0, 0.05) is 11.9 Å². The summed E-state index contributed by atoms with van der Waals surface area (Å²) < 4.78 is 27.6. The standard InChI is InChI=1S/C14H15F2N3OS/c1-8-14(9(2)19(3)18-8)17-13(20)7-21-10-4-5-11(15)12(16)6-10/h4-6H,7H2,1-3H3,(H,17,20). The van der Waals surface area contributed by atoms with Gasteiger partial charge in [0.1, 0.15) is 0 Å². The zero-order chi connectivity index (χ0) is 15.6. The lowest BCUT2D eigenvalue weighted by molar-refractivity contribution is -0.113. The molecule has 2 aromatic rings. The second-order valence-electron chi connectivity index (χ2n) is 4.58. The quantitative estimate of drug-likeness (QED) is 0.883. The van der Waals surface area contributed by atoms with E-state index in [4.69, 9.17) is 0 Å². The summed E-state index contributed by atoms with van der Waals surface area (Å²) in [7, 11) is 1.80. The fraction of sp³-hybridized carbons (Fsp3) is 0.286. The van der Waals surface area contributed by atoms with Gasteiger partial charge in [0.05, 0.1) is 22.8 Å². The van der Waals surface area contributed by atoms with Crippen LogP contribution in [0.3, 0.4) is 0 Å². The summed E-state index contributed by atoms with van der Waals surface area (Å²) in [4.78, 5) is 12.4. The smallest absolute Gasteiger partial charge is 0.234 e. The number of nitrogens with zero attached hydrogens (tertiary/aromatic N) is 2. The van der Waals surface area contributed by atoms with E-state index in [2.05, 4.69) is 10.4 Å². The highest BCUT2D eigenvalue weighted by Crippen LogP contribution is 2.22. The molecule has 0 aliphatic rings. The maximum atomic E-state index is 13.1. The molecule has 0 aliphatic heterocycles. The molecule has 2 rings (SSSR count). The third-order valence-corrected chi connectivity index (χ3v) is 4.03. The summed E-state index contributed by atoms with van der Waals surface area (Å²) in [5.41, 5.74) is 2.29. The van der Waals surface area contributed by atoms with Gasteiger partial charge in [-0.2, -0.15) is 5.10 Å². The molecular weight excluding hydrogens is 296 g/mol. The number of anilines is 1. The van der Waals surface area contributed by atoms with Crippen molar-refractivity contribution in [2.24, 2.45) is 7.05 Å². The summed E-state index contributed by atoms with van der Waals surface area (Å²) >= 11 is 1.14. The van der Waals surface area contributed by atoms with Crippen molar-refractivity contribution in [1.82, 2.24) is 9.78 Å². The van der Waals surface area contributed by atoms with E-state index in [9.17, 15) is 13.6 Å². The number of nitrogens with one attached hydrogen (secondary N) is 1. The Labute approximate surface area is 125 Å². The van der Waals surface area contributed by atoms with Crippen LogP contribution in [0.2, 0.25) is 0 Å². The lowest BCUT2D eigenvalue weighted by Crippen LogP contribution is -2.15. The van der Waals surface area contributed by atoms with E-state index in [1.807, 2.05) is 13.8 Å². The van der Waals surface area contributed by atoms with Crippen LogP contribution < -0.4 is 5.32 Å². The third kappa shape index (κ3) is 3.60. The molecule has 7 heteroatoms. The Morgan fingerprint density at radius 1 is 1.33 bits per heavy atom. The molecule has 1 aromatic carbocycles. The van der Waals surface area contributed by atoms with E-state index >= 15 is 0 Å². The number of aryl methyl sites for hydroxylation is 2. The van der Waals surface area contributed by atoms with Gasteiger partial charge in [0.2, 0.25) is 5.91 Å². The van der Waals surface area contributed by atoms with Gasteiger partial charge in [-0.3, -0.25) is 9.48 Å². The van der Waals surface area contributed by atoms with E-state index < -0.39 is 11.6 Å². The van der Waals surface area contributed by atoms with Crippen LogP contribution in [0.25, 0.3) is 0 Å². The van der Waals surface area contributed by atoms with Gasteiger partial charge in [0.25, 0.3) is 0 Å². The van der Waals surface area contributed by atoms with E-state index in [0.29, 0.717) is 10.6 Å². The Morgan fingerprint density at radius 2 is 2.05 bits per heavy atom. The molecule has 1 N–H and O–H groups in total. The van der Waals surface area contributed by atoms with Crippen LogP contribution in [0.4, 0.5) is 14.5 Å². The first-order valence-corrected chi connectivity index (χ1v) is 7.25. The maximum absolute atomic E-state index is 13.1. The lowest BCUT2D eigenvalue weighted by Gasteiger charge is -2.06. The summed E-state index contributed by atoms with van der Waals surface area (Å²) in [6.07, 6.45) is 0. The minimum Gasteiger partial charge on any atom is -0.322 e. The summed E-state index contributed by atoms with van der Waals surface area (Å²) in [5, 5.41) is 6.99. The molecule has 0 radical (unpaired) electrons. The second kappa shape index (κ2) is 6.26. The molecule has 0 aliphatic carbocycles. The van der Waals surface area contributed by atoms with Crippen LogP contribution >= 0.6 is 11.8 Å². The molecule has 0 spiro atoms. The fourth-order valence-corrected chi connectivity index (χ4v) is 2.57. The molecule has 112 valence electrons. The van der Waals surface area contributed by atoms with Gasteiger partial charge in [-0.1, -0.05) is 0 Å². The van der Waals surface area contributed by atoms with Gasteiger partial charge in [-0.05, 0) is 32.0 Å². The molecule has 1 amide bonds. The number of carbonyl (C=O) groups excluding carboxylic acids is 1. The number of hydrogen-bond donors (Lipinski definition) is 1. The number of benzene rings is 1. The van der Waals surface area contributed by atoms with Crippen molar-refractivity contribution in [1.29, 1.82) is 0 Å². The molecule has 1 aromatic heterocycles. The number of hydrogen-bond acceptors (Lipinski definition) is 3. The monoisotopic (exact) mass is 311 g/mol. The largest absolute Gasteiger partial charge is 0.322 e. The Bertz CT molecular complexity index is 685.